The van der Waals surface area contributed by atoms with Crippen LogP contribution in [0.5, 0.6) is 5.75 Å². The minimum Gasteiger partial charge on any atom is -0.406 e. The molecule has 1 aromatic carbocycles. The molecule has 1 atom stereocenters. The van der Waals surface area contributed by atoms with Crippen molar-refractivity contribution in [2.75, 3.05) is 0 Å². The Bertz CT molecular complexity index is 1070. The van der Waals surface area contributed by atoms with E-state index in [4.69, 9.17) is 0 Å². The molecule has 0 saturated heterocycles. The van der Waals surface area contributed by atoms with Gasteiger partial charge in [0.15, 0.2) is 11.5 Å². The molecule has 0 aliphatic heterocycles. The van der Waals surface area contributed by atoms with Crippen molar-refractivity contribution >= 4 is 17.7 Å². The third kappa shape index (κ3) is 4.92. The highest BCUT2D eigenvalue weighted by Crippen LogP contribution is 2.32. The molecule has 0 saturated carbocycles. The second kappa shape index (κ2) is 8.00. The van der Waals surface area contributed by atoms with Gasteiger partial charge in [0.2, 0.25) is 0 Å². The summed E-state index contributed by atoms with van der Waals surface area (Å²) in [5.41, 5.74) is -0.642. The summed E-state index contributed by atoms with van der Waals surface area (Å²) in [6.45, 7) is 2.56. The van der Waals surface area contributed by atoms with E-state index in [1.54, 1.807) is 6.07 Å². The number of aliphatic hydroxyl groups excluding tert-OH is 1. The van der Waals surface area contributed by atoms with Crippen LogP contribution in [0.1, 0.15) is 30.9 Å². The highest BCUT2D eigenvalue weighted by molar-refractivity contribution is 5.73. The molecule has 0 radical (unpaired) electrons. The molecule has 0 bridgehead atoms. The van der Waals surface area contributed by atoms with E-state index in [1.165, 1.54) is 37.0 Å². The van der Waals surface area contributed by atoms with Gasteiger partial charge in [-0.25, -0.2) is 14.4 Å². The van der Waals surface area contributed by atoms with Gasteiger partial charge in [-0.05, 0) is 43.2 Å². The lowest BCUT2D eigenvalue weighted by Gasteiger charge is -2.27. The topological polar surface area (TPSA) is 92.2 Å². The lowest BCUT2D eigenvalue weighted by atomic mass is 9.85. The third-order valence-corrected chi connectivity index (χ3v) is 4.26. The molecular weight excluding hydrogens is 408 g/mol. The number of aliphatic imine (C=N–C) groups is 1. The van der Waals surface area contributed by atoms with E-state index in [-0.39, 0.29) is 18.0 Å². The number of fused-ring (bicyclic) bond motifs is 1. The molecular formula is C19H18F4N4O3. The number of ether oxygens (including phenoxy) is 1. The molecule has 160 valence electrons. The van der Waals surface area contributed by atoms with E-state index < -0.39 is 29.4 Å². The van der Waals surface area contributed by atoms with Crippen LogP contribution in [0.3, 0.4) is 0 Å². The predicted octanol–water partition coefficient (Wildman–Crippen LogP) is 3.52. The quantitative estimate of drug-likeness (QED) is 0.465. The molecule has 7 nitrogen and oxygen atoms in total. The van der Waals surface area contributed by atoms with Crippen molar-refractivity contribution in [2.24, 2.45) is 4.99 Å². The zero-order valence-corrected chi connectivity index (χ0v) is 15.9. The van der Waals surface area contributed by atoms with Crippen LogP contribution in [0.4, 0.5) is 23.4 Å². The molecule has 2 heterocycles. The maximum absolute atomic E-state index is 14.6. The summed E-state index contributed by atoms with van der Waals surface area (Å²) in [7, 11) is 0. The van der Waals surface area contributed by atoms with Crippen LogP contribution in [0.2, 0.25) is 0 Å². The Morgan fingerprint density at radius 1 is 1.23 bits per heavy atom. The fourth-order valence-electron chi connectivity index (χ4n) is 2.89. The fourth-order valence-corrected chi connectivity index (χ4v) is 2.89. The normalized spacial score (nSPS) is 13.9. The third-order valence-electron chi connectivity index (χ3n) is 4.26. The van der Waals surface area contributed by atoms with Gasteiger partial charge in [0.1, 0.15) is 17.9 Å². The average molecular weight is 426 g/mol. The van der Waals surface area contributed by atoms with Crippen molar-refractivity contribution < 1.29 is 32.5 Å². The van der Waals surface area contributed by atoms with Crippen LogP contribution in [-0.4, -0.2) is 43.0 Å². The first kappa shape index (κ1) is 21.7. The van der Waals surface area contributed by atoms with Crippen molar-refractivity contribution in [1.82, 2.24) is 14.6 Å². The monoisotopic (exact) mass is 426 g/mol. The van der Waals surface area contributed by atoms with Crippen molar-refractivity contribution in [1.29, 1.82) is 0 Å². The standard InChI is InChI=1S/C19H18F4N4O3/c1-18(2,29)14(13-4-3-12(7-15(13)20)30-19(21,22)23)8-24-16-5-11(9-28)6-17-25-10-26-27(16)17/h3-8,10,14,28-29H,9H2,1-2H3/b24-8-. The fraction of sp³-hybridized carbons (Fsp3) is 0.316. The largest absolute Gasteiger partial charge is 0.573 e. The minimum atomic E-state index is -4.95. The lowest BCUT2D eigenvalue weighted by Crippen LogP contribution is -2.30. The van der Waals surface area contributed by atoms with Gasteiger partial charge in [0.05, 0.1) is 18.1 Å². The van der Waals surface area contributed by atoms with Gasteiger partial charge in [0.25, 0.3) is 0 Å². The number of aromatic nitrogens is 3. The van der Waals surface area contributed by atoms with E-state index in [2.05, 4.69) is 19.8 Å². The number of rotatable bonds is 6. The van der Waals surface area contributed by atoms with Crippen LogP contribution in [0, 0.1) is 5.82 Å². The van der Waals surface area contributed by atoms with E-state index in [1.807, 2.05) is 0 Å². The summed E-state index contributed by atoms with van der Waals surface area (Å²) < 4.78 is 56.7. The molecule has 11 heteroatoms. The number of halogens is 4. The number of hydrogen-bond donors (Lipinski definition) is 2. The Morgan fingerprint density at radius 3 is 2.57 bits per heavy atom. The van der Waals surface area contributed by atoms with Gasteiger partial charge in [0, 0.05) is 12.3 Å². The summed E-state index contributed by atoms with van der Waals surface area (Å²) in [6.07, 6.45) is -2.39. The average Bonchev–Trinajstić information content (AvgIpc) is 3.09. The Hall–Kier alpha value is -3.05. The van der Waals surface area contributed by atoms with Gasteiger partial charge in [-0.1, -0.05) is 6.07 Å². The second-order valence-electron chi connectivity index (χ2n) is 7.05. The van der Waals surface area contributed by atoms with Crippen molar-refractivity contribution in [2.45, 2.75) is 38.3 Å². The van der Waals surface area contributed by atoms with E-state index in [0.717, 1.165) is 12.1 Å². The lowest BCUT2D eigenvalue weighted by molar-refractivity contribution is -0.274. The highest BCUT2D eigenvalue weighted by Gasteiger charge is 2.33. The number of pyridine rings is 1. The van der Waals surface area contributed by atoms with Crippen molar-refractivity contribution in [3.8, 4) is 5.75 Å². The molecule has 0 aliphatic rings. The number of benzene rings is 1. The van der Waals surface area contributed by atoms with Crippen LogP contribution in [0.25, 0.3) is 5.65 Å². The molecule has 3 aromatic rings. The molecule has 1 unspecified atom stereocenters. The molecule has 3 rings (SSSR count). The SMILES string of the molecule is CC(C)(O)C(/C=N\c1cc(CO)cc2ncnn12)c1ccc(OC(F)(F)F)cc1F. The van der Waals surface area contributed by atoms with Crippen molar-refractivity contribution in [3.63, 3.8) is 0 Å². The van der Waals surface area contributed by atoms with Crippen LogP contribution >= 0.6 is 0 Å². The van der Waals surface area contributed by atoms with Crippen molar-refractivity contribution in [3.05, 3.63) is 53.6 Å². The molecule has 2 aromatic heterocycles. The molecule has 0 aliphatic carbocycles. The van der Waals surface area contributed by atoms with Gasteiger partial charge in [-0.3, -0.25) is 0 Å². The summed E-state index contributed by atoms with van der Waals surface area (Å²) in [5, 5.41) is 23.9. The molecule has 0 spiro atoms. The molecule has 2 N–H and O–H groups in total. The molecule has 0 amide bonds. The predicted molar refractivity (Wildman–Crippen MR) is 99.2 cm³/mol. The number of nitrogens with zero attached hydrogens (tertiary/aromatic N) is 4. The Morgan fingerprint density at radius 2 is 1.97 bits per heavy atom. The first-order valence-corrected chi connectivity index (χ1v) is 8.73. The van der Waals surface area contributed by atoms with Gasteiger partial charge in [-0.15, -0.1) is 13.2 Å². The number of alkyl halides is 3. The summed E-state index contributed by atoms with van der Waals surface area (Å²) in [4.78, 5) is 8.29. The van der Waals surface area contributed by atoms with Gasteiger partial charge < -0.3 is 14.9 Å². The van der Waals surface area contributed by atoms with E-state index >= 15 is 0 Å². The minimum absolute atomic E-state index is 0.0751. The molecule has 0 fully saturated rings. The number of hydrogen-bond acceptors (Lipinski definition) is 6. The maximum Gasteiger partial charge on any atom is 0.573 e. The summed E-state index contributed by atoms with van der Waals surface area (Å²) in [6, 6.07) is 5.80. The first-order chi connectivity index (χ1) is 14.0. The van der Waals surface area contributed by atoms with Gasteiger partial charge in [-0.2, -0.15) is 9.61 Å². The number of aliphatic hydroxyl groups is 2. The highest BCUT2D eigenvalue weighted by atomic mass is 19.4. The Balaban J connectivity index is 2.00. The Labute approximate surface area is 168 Å². The maximum atomic E-state index is 14.6. The zero-order valence-electron chi connectivity index (χ0n) is 15.9. The molecule has 30 heavy (non-hydrogen) atoms. The van der Waals surface area contributed by atoms with Gasteiger partial charge >= 0.3 is 6.36 Å². The zero-order chi connectivity index (χ0) is 22.1. The van der Waals surface area contributed by atoms with E-state index in [0.29, 0.717) is 17.3 Å². The first-order valence-electron chi connectivity index (χ1n) is 8.73. The van der Waals surface area contributed by atoms with Crippen LogP contribution in [0.15, 0.2) is 41.7 Å². The Kier molecular flexibility index (Phi) is 5.77. The van der Waals surface area contributed by atoms with Crippen LogP contribution < -0.4 is 4.74 Å². The summed E-state index contributed by atoms with van der Waals surface area (Å²) in [5.74, 6) is -2.46. The smallest absolute Gasteiger partial charge is 0.406 e. The second-order valence-corrected chi connectivity index (χ2v) is 7.05. The summed E-state index contributed by atoms with van der Waals surface area (Å²) >= 11 is 0. The van der Waals surface area contributed by atoms with Crippen LogP contribution in [-0.2, 0) is 6.61 Å². The van der Waals surface area contributed by atoms with E-state index in [9.17, 15) is 27.8 Å².